The van der Waals surface area contributed by atoms with Crippen LogP contribution in [0.1, 0.15) is 24.9 Å². The fourth-order valence-electron chi connectivity index (χ4n) is 2.10. The summed E-state index contributed by atoms with van der Waals surface area (Å²) < 4.78 is 16.2. The second-order valence-corrected chi connectivity index (χ2v) is 3.90. The summed E-state index contributed by atoms with van der Waals surface area (Å²) in [7, 11) is 4.92. The predicted octanol–water partition coefficient (Wildman–Crippen LogP) is 1.63. The number of rotatable bonds is 7. The first kappa shape index (κ1) is 14.8. The molecule has 0 aromatic heterocycles. The van der Waals surface area contributed by atoms with Gasteiger partial charge in [-0.1, -0.05) is 13.0 Å². The summed E-state index contributed by atoms with van der Waals surface area (Å²) in [5.74, 6) is 7.12. The van der Waals surface area contributed by atoms with E-state index >= 15 is 0 Å². The minimum atomic E-state index is -0.189. The van der Waals surface area contributed by atoms with E-state index in [1.807, 2.05) is 25.1 Å². The van der Waals surface area contributed by atoms with E-state index in [0.717, 1.165) is 23.5 Å². The fraction of sp³-hybridized carbons (Fsp3) is 0.538. The van der Waals surface area contributed by atoms with Gasteiger partial charge < -0.3 is 14.2 Å². The van der Waals surface area contributed by atoms with Crippen molar-refractivity contribution in [3.63, 3.8) is 0 Å². The van der Waals surface area contributed by atoms with Crippen LogP contribution in [0.5, 0.6) is 11.5 Å². The second-order valence-electron chi connectivity index (χ2n) is 3.90. The first-order valence-corrected chi connectivity index (χ1v) is 5.93. The van der Waals surface area contributed by atoms with Crippen LogP contribution in [0.15, 0.2) is 18.2 Å². The Kier molecular flexibility index (Phi) is 5.91. The molecular formula is C13H22N2O3. The molecule has 0 aliphatic carbocycles. The van der Waals surface area contributed by atoms with Crippen molar-refractivity contribution in [3.05, 3.63) is 23.8 Å². The molecule has 1 rings (SSSR count). The van der Waals surface area contributed by atoms with Crippen molar-refractivity contribution in [2.24, 2.45) is 5.84 Å². The van der Waals surface area contributed by atoms with E-state index in [9.17, 15) is 0 Å². The maximum absolute atomic E-state index is 5.66. The molecule has 18 heavy (non-hydrogen) atoms. The Morgan fingerprint density at radius 3 is 2.06 bits per heavy atom. The number of methoxy groups -OCH3 is 3. The summed E-state index contributed by atoms with van der Waals surface area (Å²) >= 11 is 0. The van der Waals surface area contributed by atoms with Crippen LogP contribution in [0.3, 0.4) is 0 Å². The molecule has 0 spiro atoms. The first-order valence-electron chi connectivity index (χ1n) is 5.93. The lowest BCUT2D eigenvalue weighted by Gasteiger charge is -2.27. The van der Waals surface area contributed by atoms with Crippen LogP contribution in [0.2, 0.25) is 0 Å². The molecule has 5 heteroatoms. The summed E-state index contributed by atoms with van der Waals surface area (Å²) in [6.07, 6.45) is 0.771. The molecule has 0 saturated carbocycles. The van der Waals surface area contributed by atoms with E-state index in [0.29, 0.717) is 0 Å². The van der Waals surface area contributed by atoms with Crippen molar-refractivity contribution in [2.75, 3.05) is 21.3 Å². The molecule has 0 radical (unpaired) electrons. The van der Waals surface area contributed by atoms with Gasteiger partial charge in [-0.3, -0.25) is 11.3 Å². The smallest absolute Gasteiger partial charge is 0.127 e. The number of nitrogens with one attached hydrogen (secondary N) is 1. The number of ether oxygens (including phenoxy) is 3. The van der Waals surface area contributed by atoms with Gasteiger partial charge in [0.1, 0.15) is 11.5 Å². The molecule has 0 bridgehead atoms. The highest BCUT2D eigenvalue weighted by molar-refractivity contribution is 5.47. The largest absolute Gasteiger partial charge is 0.496 e. The first-order chi connectivity index (χ1) is 8.73. The van der Waals surface area contributed by atoms with Gasteiger partial charge in [0, 0.05) is 7.11 Å². The van der Waals surface area contributed by atoms with Gasteiger partial charge in [-0.05, 0) is 18.6 Å². The average molecular weight is 254 g/mol. The van der Waals surface area contributed by atoms with Crippen molar-refractivity contribution in [2.45, 2.75) is 25.5 Å². The minimum Gasteiger partial charge on any atom is -0.496 e. The summed E-state index contributed by atoms with van der Waals surface area (Å²) in [4.78, 5) is 0. The number of hydrogen-bond donors (Lipinski definition) is 2. The second kappa shape index (κ2) is 7.20. The van der Waals surface area contributed by atoms with Gasteiger partial charge in [0.2, 0.25) is 0 Å². The van der Waals surface area contributed by atoms with Gasteiger partial charge in [0.05, 0.1) is 31.9 Å². The molecule has 5 nitrogen and oxygen atoms in total. The van der Waals surface area contributed by atoms with Crippen molar-refractivity contribution in [1.29, 1.82) is 0 Å². The monoisotopic (exact) mass is 254 g/mol. The number of hydrogen-bond acceptors (Lipinski definition) is 5. The minimum absolute atomic E-state index is 0.0554. The van der Waals surface area contributed by atoms with Crippen molar-refractivity contribution < 1.29 is 14.2 Å². The molecule has 1 aromatic carbocycles. The lowest BCUT2D eigenvalue weighted by molar-refractivity contribution is 0.0634. The van der Waals surface area contributed by atoms with Gasteiger partial charge in [0.15, 0.2) is 0 Å². The Balaban J connectivity index is 3.25. The summed E-state index contributed by atoms with van der Waals surface area (Å²) in [6, 6.07) is 5.45. The predicted molar refractivity (Wildman–Crippen MR) is 70.7 cm³/mol. The SMILES string of the molecule is CCC(OC)C(NN)c1c(OC)cccc1OC. The van der Waals surface area contributed by atoms with Gasteiger partial charge in [-0.15, -0.1) is 0 Å². The third kappa shape index (κ3) is 2.93. The zero-order valence-corrected chi connectivity index (χ0v) is 11.4. The molecule has 0 heterocycles. The Labute approximate surface area is 108 Å². The van der Waals surface area contributed by atoms with Crippen LogP contribution in [0.25, 0.3) is 0 Å². The maximum atomic E-state index is 5.66. The molecule has 0 fully saturated rings. The van der Waals surface area contributed by atoms with Crippen molar-refractivity contribution in [1.82, 2.24) is 5.43 Å². The lowest BCUT2D eigenvalue weighted by atomic mass is 9.98. The van der Waals surface area contributed by atoms with E-state index in [4.69, 9.17) is 20.1 Å². The summed E-state index contributed by atoms with van der Waals surface area (Å²) in [5.41, 5.74) is 3.66. The van der Waals surface area contributed by atoms with Crippen LogP contribution >= 0.6 is 0 Å². The molecular weight excluding hydrogens is 232 g/mol. The third-order valence-corrected chi connectivity index (χ3v) is 3.03. The van der Waals surface area contributed by atoms with E-state index in [1.165, 1.54) is 0 Å². The van der Waals surface area contributed by atoms with Crippen LogP contribution < -0.4 is 20.7 Å². The molecule has 1 aromatic rings. The van der Waals surface area contributed by atoms with Crippen molar-refractivity contribution in [3.8, 4) is 11.5 Å². The highest BCUT2D eigenvalue weighted by Crippen LogP contribution is 2.36. The molecule has 0 amide bonds. The van der Waals surface area contributed by atoms with Crippen LogP contribution in [0.4, 0.5) is 0 Å². The van der Waals surface area contributed by atoms with E-state index in [1.54, 1.807) is 21.3 Å². The van der Waals surface area contributed by atoms with Crippen molar-refractivity contribution >= 4 is 0 Å². The van der Waals surface area contributed by atoms with Crippen LogP contribution in [0, 0.1) is 0 Å². The molecule has 3 N–H and O–H groups in total. The molecule has 2 atom stereocenters. The Morgan fingerprint density at radius 1 is 1.17 bits per heavy atom. The number of hydrazine groups is 1. The zero-order valence-electron chi connectivity index (χ0n) is 11.4. The zero-order chi connectivity index (χ0) is 13.5. The Morgan fingerprint density at radius 2 is 1.72 bits per heavy atom. The Bertz CT molecular complexity index is 345. The Hall–Kier alpha value is -1.30. The summed E-state index contributed by atoms with van der Waals surface area (Å²) in [5, 5.41) is 0. The molecule has 0 saturated heterocycles. The topological polar surface area (TPSA) is 65.7 Å². The van der Waals surface area contributed by atoms with Gasteiger partial charge in [-0.2, -0.15) is 0 Å². The molecule has 2 unspecified atom stereocenters. The van der Waals surface area contributed by atoms with Crippen LogP contribution in [-0.4, -0.2) is 27.4 Å². The highest BCUT2D eigenvalue weighted by atomic mass is 16.5. The van der Waals surface area contributed by atoms with Crippen LogP contribution in [-0.2, 0) is 4.74 Å². The normalized spacial score (nSPS) is 14.1. The van der Waals surface area contributed by atoms with E-state index in [-0.39, 0.29) is 12.1 Å². The van der Waals surface area contributed by atoms with Gasteiger partial charge in [-0.25, -0.2) is 0 Å². The quantitative estimate of drug-likeness (QED) is 0.572. The van der Waals surface area contributed by atoms with Gasteiger partial charge >= 0.3 is 0 Å². The van der Waals surface area contributed by atoms with Gasteiger partial charge in [0.25, 0.3) is 0 Å². The average Bonchev–Trinajstić information content (AvgIpc) is 2.43. The van der Waals surface area contributed by atoms with E-state index < -0.39 is 0 Å². The summed E-state index contributed by atoms with van der Waals surface area (Å²) in [6.45, 7) is 2.04. The molecule has 102 valence electrons. The fourth-order valence-corrected chi connectivity index (χ4v) is 2.10. The highest BCUT2D eigenvalue weighted by Gasteiger charge is 2.26. The molecule has 0 aliphatic rings. The molecule has 0 aliphatic heterocycles. The third-order valence-electron chi connectivity index (χ3n) is 3.03. The number of nitrogens with two attached hydrogens (primary N) is 1. The maximum Gasteiger partial charge on any atom is 0.127 e. The standard InChI is InChI=1S/C13H22N2O3/c1-5-9(16-2)13(15-14)12-10(17-3)7-6-8-11(12)18-4/h6-9,13,15H,5,14H2,1-4H3. The van der Waals surface area contributed by atoms with E-state index in [2.05, 4.69) is 5.43 Å². The number of benzene rings is 1. The lowest BCUT2D eigenvalue weighted by Crippen LogP contribution is -2.37.